The Hall–Kier alpha value is -1.51. The molecule has 0 heterocycles. The van der Waals surface area contributed by atoms with Gasteiger partial charge in [-0.3, -0.25) is 0 Å². The zero-order chi connectivity index (χ0) is 13.0. The molecule has 0 aliphatic rings. The molecule has 2 aromatic carbocycles. The maximum atomic E-state index is 9.34. The molecule has 2 nitrogen and oxygen atoms in total. The maximum absolute atomic E-state index is 9.34. The fraction of sp³-hybridized carbons (Fsp3) is 0.200. The fourth-order valence-corrected chi connectivity index (χ4v) is 2.03. The third kappa shape index (κ3) is 2.66. The van der Waals surface area contributed by atoms with Crippen LogP contribution in [0, 0.1) is 0 Å². The molecule has 2 aromatic rings. The number of aliphatic hydroxyl groups excluding tert-OH is 1. The first-order valence-corrected chi connectivity index (χ1v) is 6.28. The number of rotatable bonds is 4. The van der Waals surface area contributed by atoms with Crippen LogP contribution in [0.15, 0.2) is 42.5 Å². The molecule has 18 heavy (non-hydrogen) atoms. The van der Waals surface area contributed by atoms with Crippen molar-refractivity contribution in [1.82, 2.24) is 0 Å². The molecule has 0 saturated carbocycles. The Morgan fingerprint density at radius 2 is 1.78 bits per heavy atom. The van der Waals surface area contributed by atoms with Crippen LogP contribution >= 0.6 is 11.6 Å². The molecule has 94 valence electrons. The van der Waals surface area contributed by atoms with Gasteiger partial charge in [-0.25, -0.2) is 0 Å². The standard InChI is InChI=1S/C15H15ClO2/c1-2-11-6-3-4-8-14(11)18-15-9-5-7-13(16)12(15)10-17/h3-9,17H,2,10H2,1H3. The normalized spacial score (nSPS) is 10.4. The minimum absolute atomic E-state index is 0.136. The highest BCUT2D eigenvalue weighted by Crippen LogP contribution is 2.32. The van der Waals surface area contributed by atoms with Gasteiger partial charge in [-0.05, 0) is 30.2 Å². The molecule has 0 radical (unpaired) electrons. The molecule has 2 rings (SSSR count). The second-order valence-corrected chi connectivity index (χ2v) is 4.35. The van der Waals surface area contributed by atoms with Crippen molar-refractivity contribution in [1.29, 1.82) is 0 Å². The van der Waals surface area contributed by atoms with Crippen molar-refractivity contribution in [2.75, 3.05) is 0 Å². The third-order valence-corrected chi connectivity index (χ3v) is 3.16. The van der Waals surface area contributed by atoms with Gasteiger partial charge in [0.1, 0.15) is 11.5 Å². The summed E-state index contributed by atoms with van der Waals surface area (Å²) in [5, 5.41) is 9.86. The van der Waals surface area contributed by atoms with Crippen molar-refractivity contribution >= 4 is 11.6 Å². The topological polar surface area (TPSA) is 29.5 Å². The monoisotopic (exact) mass is 262 g/mol. The van der Waals surface area contributed by atoms with E-state index in [0.717, 1.165) is 17.7 Å². The molecule has 0 bridgehead atoms. The lowest BCUT2D eigenvalue weighted by molar-refractivity contribution is 0.276. The summed E-state index contributed by atoms with van der Waals surface area (Å²) in [4.78, 5) is 0. The van der Waals surface area contributed by atoms with E-state index in [1.807, 2.05) is 36.4 Å². The van der Waals surface area contributed by atoms with E-state index < -0.39 is 0 Å². The number of benzene rings is 2. The summed E-state index contributed by atoms with van der Waals surface area (Å²) in [5.41, 5.74) is 1.74. The van der Waals surface area contributed by atoms with Gasteiger partial charge in [-0.2, -0.15) is 0 Å². The van der Waals surface area contributed by atoms with E-state index in [4.69, 9.17) is 16.3 Å². The predicted octanol–water partition coefficient (Wildman–Crippen LogP) is 4.19. The van der Waals surface area contributed by atoms with E-state index in [9.17, 15) is 5.11 Å². The van der Waals surface area contributed by atoms with Crippen LogP contribution in [-0.2, 0) is 13.0 Å². The highest BCUT2D eigenvalue weighted by atomic mass is 35.5. The quantitative estimate of drug-likeness (QED) is 0.895. The van der Waals surface area contributed by atoms with Gasteiger partial charge in [0.25, 0.3) is 0 Å². The third-order valence-electron chi connectivity index (χ3n) is 2.81. The minimum atomic E-state index is -0.136. The summed E-state index contributed by atoms with van der Waals surface area (Å²) >= 11 is 6.03. The van der Waals surface area contributed by atoms with Crippen LogP contribution < -0.4 is 4.74 Å². The number of hydrogen-bond donors (Lipinski definition) is 1. The molecule has 0 aliphatic carbocycles. The van der Waals surface area contributed by atoms with E-state index in [1.165, 1.54) is 0 Å². The largest absolute Gasteiger partial charge is 0.457 e. The van der Waals surface area contributed by atoms with Crippen molar-refractivity contribution in [3.63, 3.8) is 0 Å². The molecule has 0 atom stereocenters. The Morgan fingerprint density at radius 1 is 1.06 bits per heavy atom. The Balaban J connectivity index is 2.37. The van der Waals surface area contributed by atoms with Crippen molar-refractivity contribution in [3.8, 4) is 11.5 Å². The molecule has 0 unspecified atom stereocenters. The van der Waals surface area contributed by atoms with Crippen molar-refractivity contribution in [2.45, 2.75) is 20.0 Å². The Bertz CT molecular complexity index is 538. The average molecular weight is 263 g/mol. The lowest BCUT2D eigenvalue weighted by Crippen LogP contribution is -1.95. The SMILES string of the molecule is CCc1ccccc1Oc1cccc(Cl)c1CO. The van der Waals surface area contributed by atoms with Gasteiger partial charge in [-0.1, -0.05) is 42.8 Å². The second kappa shape index (κ2) is 5.89. The number of ether oxygens (including phenoxy) is 1. The number of halogens is 1. The predicted molar refractivity (Wildman–Crippen MR) is 73.3 cm³/mol. The zero-order valence-corrected chi connectivity index (χ0v) is 10.9. The fourth-order valence-electron chi connectivity index (χ4n) is 1.80. The molecule has 0 aliphatic heterocycles. The highest BCUT2D eigenvalue weighted by Gasteiger charge is 2.09. The molecule has 1 N–H and O–H groups in total. The van der Waals surface area contributed by atoms with Crippen LogP contribution in [0.2, 0.25) is 5.02 Å². The molecule has 3 heteroatoms. The van der Waals surface area contributed by atoms with Gasteiger partial charge in [0, 0.05) is 10.6 Å². The van der Waals surface area contributed by atoms with E-state index in [0.29, 0.717) is 16.3 Å². The molecule has 0 spiro atoms. The van der Waals surface area contributed by atoms with Gasteiger partial charge < -0.3 is 9.84 Å². The molecule has 0 fully saturated rings. The second-order valence-electron chi connectivity index (χ2n) is 3.94. The van der Waals surface area contributed by atoms with Crippen LogP contribution in [0.3, 0.4) is 0 Å². The van der Waals surface area contributed by atoms with Crippen LogP contribution in [0.1, 0.15) is 18.1 Å². The van der Waals surface area contributed by atoms with Crippen molar-refractivity contribution in [2.24, 2.45) is 0 Å². The van der Waals surface area contributed by atoms with Gasteiger partial charge in [-0.15, -0.1) is 0 Å². The lowest BCUT2D eigenvalue weighted by atomic mass is 10.1. The summed E-state index contributed by atoms with van der Waals surface area (Å²) in [6.07, 6.45) is 0.894. The van der Waals surface area contributed by atoms with Gasteiger partial charge in [0.05, 0.1) is 6.61 Å². The van der Waals surface area contributed by atoms with E-state index in [-0.39, 0.29) is 6.61 Å². The number of para-hydroxylation sites is 1. The first-order chi connectivity index (χ1) is 8.76. The van der Waals surface area contributed by atoms with E-state index in [2.05, 4.69) is 6.92 Å². The zero-order valence-electron chi connectivity index (χ0n) is 10.2. The van der Waals surface area contributed by atoms with Crippen molar-refractivity contribution in [3.05, 3.63) is 58.6 Å². The smallest absolute Gasteiger partial charge is 0.134 e. The summed E-state index contributed by atoms with van der Waals surface area (Å²) in [5.74, 6) is 1.41. The lowest BCUT2D eigenvalue weighted by Gasteiger charge is -2.13. The number of aliphatic hydroxyl groups is 1. The summed E-state index contributed by atoms with van der Waals surface area (Å²) in [6, 6.07) is 13.2. The summed E-state index contributed by atoms with van der Waals surface area (Å²) < 4.78 is 5.86. The van der Waals surface area contributed by atoms with E-state index >= 15 is 0 Å². The van der Waals surface area contributed by atoms with Crippen LogP contribution in [0.25, 0.3) is 0 Å². The average Bonchev–Trinajstić information content (AvgIpc) is 2.40. The van der Waals surface area contributed by atoms with Gasteiger partial charge in [0.2, 0.25) is 0 Å². The first kappa shape index (κ1) is 12.9. The number of aryl methyl sites for hydroxylation is 1. The first-order valence-electron chi connectivity index (χ1n) is 5.90. The van der Waals surface area contributed by atoms with Gasteiger partial charge in [0.15, 0.2) is 0 Å². The molecule has 0 amide bonds. The molecule has 0 saturated heterocycles. The van der Waals surface area contributed by atoms with Crippen LogP contribution in [0.4, 0.5) is 0 Å². The van der Waals surface area contributed by atoms with Crippen LogP contribution in [0.5, 0.6) is 11.5 Å². The van der Waals surface area contributed by atoms with Crippen LogP contribution in [-0.4, -0.2) is 5.11 Å². The molecular formula is C15H15ClO2. The summed E-state index contributed by atoms with van der Waals surface area (Å²) in [6.45, 7) is 1.94. The highest BCUT2D eigenvalue weighted by molar-refractivity contribution is 6.31. The molecular weight excluding hydrogens is 248 g/mol. The maximum Gasteiger partial charge on any atom is 0.134 e. The Morgan fingerprint density at radius 3 is 2.50 bits per heavy atom. The van der Waals surface area contributed by atoms with Crippen molar-refractivity contribution < 1.29 is 9.84 Å². The number of hydrogen-bond acceptors (Lipinski definition) is 2. The van der Waals surface area contributed by atoms with Gasteiger partial charge >= 0.3 is 0 Å². The Labute approximate surface area is 112 Å². The molecule has 0 aromatic heterocycles. The minimum Gasteiger partial charge on any atom is -0.457 e. The summed E-state index contributed by atoms with van der Waals surface area (Å²) in [7, 11) is 0. The van der Waals surface area contributed by atoms with E-state index in [1.54, 1.807) is 6.07 Å². The Kier molecular flexibility index (Phi) is 4.24.